The molecule has 0 aromatic heterocycles. The van der Waals surface area contributed by atoms with Gasteiger partial charge in [0, 0.05) is 10.6 Å². The molecule has 0 aliphatic carbocycles. The van der Waals surface area contributed by atoms with Gasteiger partial charge in [0.1, 0.15) is 11.4 Å². The van der Waals surface area contributed by atoms with Crippen LogP contribution >= 0.6 is 23.4 Å². The van der Waals surface area contributed by atoms with E-state index >= 15 is 0 Å². The Morgan fingerprint density at radius 3 is 2.44 bits per heavy atom. The Balaban J connectivity index is 1.73. The molecule has 3 aromatic rings. The maximum atomic E-state index is 13.0. The molecule has 4 rings (SSSR count). The fraction of sp³-hybridized carbons (Fsp3) is 0.160. The Labute approximate surface area is 216 Å². The van der Waals surface area contributed by atoms with Gasteiger partial charge in [0.2, 0.25) is 0 Å². The highest BCUT2D eigenvalue weighted by molar-refractivity contribution is 8.18. The van der Waals surface area contributed by atoms with E-state index in [0.717, 1.165) is 10.3 Å². The number of fused-ring (bicyclic) bond motifs is 1. The van der Waals surface area contributed by atoms with Crippen molar-refractivity contribution in [2.45, 2.75) is 24.8 Å². The minimum atomic E-state index is -4.24. The summed E-state index contributed by atoms with van der Waals surface area (Å²) in [7, 11) is -4.24. The first kappa shape index (κ1) is 25.7. The number of thioether (sulfide) groups is 1. The monoisotopic (exact) mass is 545 g/mol. The molecule has 0 unspecified atom stereocenters. The molecule has 2 amide bonds. The Hall–Kier alpha value is -3.34. The van der Waals surface area contributed by atoms with Gasteiger partial charge < -0.3 is 8.92 Å². The Bertz CT molecular complexity index is 1500. The SMILES string of the molecule is CC(C)OC(=O)CN1C(=O)S/C(=C\c2c(OS(=O)(=O)c3ccc(Cl)cc3)ccc3ccccc23)C1=O. The van der Waals surface area contributed by atoms with Gasteiger partial charge in [-0.3, -0.25) is 19.3 Å². The van der Waals surface area contributed by atoms with Gasteiger partial charge in [0.15, 0.2) is 5.75 Å². The molecule has 3 aromatic carbocycles. The fourth-order valence-corrected chi connectivity index (χ4v) is 5.35. The predicted molar refractivity (Wildman–Crippen MR) is 137 cm³/mol. The lowest BCUT2D eigenvalue weighted by molar-refractivity contribution is -0.149. The molecule has 11 heteroatoms. The summed E-state index contributed by atoms with van der Waals surface area (Å²) in [6.07, 6.45) is 0.999. The number of ether oxygens (including phenoxy) is 1. The van der Waals surface area contributed by atoms with Crippen LogP contribution in [0.1, 0.15) is 19.4 Å². The van der Waals surface area contributed by atoms with E-state index in [-0.39, 0.29) is 15.6 Å². The summed E-state index contributed by atoms with van der Waals surface area (Å²) in [6.45, 7) is 2.79. The molecule has 0 saturated carbocycles. The fourth-order valence-electron chi connectivity index (χ4n) is 3.46. The van der Waals surface area contributed by atoms with Gasteiger partial charge in [-0.2, -0.15) is 8.42 Å². The maximum Gasteiger partial charge on any atom is 0.339 e. The van der Waals surface area contributed by atoms with E-state index in [1.807, 2.05) is 12.1 Å². The highest BCUT2D eigenvalue weighted by Crippen LogP contribution is 2.37. The minimum Gasteiger partial charge on any atom is -0.462 e. The third-order valence-electron chi connectivity index (χ3n) is 5.04. The number of carbonyl (C=O) groups excluding carboxylic acids is 3. The summed E-state index contributed by atoms with van der Waals surface area (Å²) in [6, 6.07) is 15.8. The first-order chi connectivity index (χ1) is 17.0. The lowest BCUT2D eigenvalue weighted by Crippen LogP contribution is -2.35. The van der Waals surface area contributed by atoms with Gasteiger partial charge in [0.25, 0.3) is 11.1 Å². The lowest BCUT2D eigenvalue weighted by atomic mass is 10.0. The van der Waals surface area contributed by atoms with Crippen molar-refractivity contribution in [3.8, 4) is 5.75 Å². The quantitative estimate of drug-likeness (QED) is 0.225. The van der Waals surface area contributed by atoms with Crippen LogP contribution in [0.4, 0.5) is 4.79 Å². The molecular weight excluding hydrogens is 526 g/mol. The van der Waals surface area contributed by atoms with Gasteiger partial charge in [-0.05, 0) is 72.8 Å². The number of esters is 1. The third kappa shape index (κ3) is 5.56. The summed E-state index contributed by atoms with van der Waals surface area (Å²) >= 11 is 6.50. The van der Waals surface area contributed by atoms with Crippen LogP contribution in [0.25, 0.3) is 16.8 Å². The van der Waals surface area contributed by atoms with Crippen molar-refractivity contribution < 1.29 is 31.7 Å². The molecule has 0 atom stereocenters. The average molecular weight is 546 g/mol. The van der Waals surface area contributed by atoms with Crippen molar-refractivity contribution in [1.29, 1.82) is 0 Å². The van der Waals surface area contributed by atoms with Gasteiger partial charge >= 0.3 is 16.1 Å². The van der Waals surface area contributed by atoms with E-state index in [9.17, 15) is 22.8 Å². The van der Waals surface area contributed by atoms with E-state index in [1.54, 1.807) is 32.0 Å². The molecule has 1 aliphatic rings. The van der Waals surface area contributed by atoms with Crippen LogP contribution in [0, 0.1) is 0 Å². The van der Waals surface area contributed by atoms with E-state index in [4.69, 9.17) is 20.5 Å². The molecule has 1 saturated heterocycles. The molecule has 1 heterocycles. The van der Waals surface area contributed by atoms with Crippen molar-refractivity contribution in [1.82, 2.24) is 4.90 Å². The minimum absolute atomic E-state index is 0.0161. The number of nitrogens with zero attached hydrogens (tertiary/aromatic N) is 1. The zero-order valence-corrected chi connectivity index (χ0v) is 21.5. The third-order valence-corrected chi connectivity index (χ3v) is 7.44. The van der Waals surface area contributed by atoms with E-state index in [2.05, 4.69) is 0 Å². The molecule has 0 radical (unpaired) electrons. The van der Waals surface area contributed by atoms with Crippen molar-refractivity contribution in [3.63, 3.8) is 0 Å². The first-order valence-corrected chi connectivity index (χ1v) is 13.3. The summed E-state index contributed by atoms with van der Waals surface area (Å²) in [5.41, 5.74) is 0.292. The van der Waals surface area contributed by atoms with E-state index in [0.29, 0.717) is 27.7 Å². The zero-order valence-electron chi connectivity index (χ0n) is 19.1. The van der Waals surface area contributed by atoms with Gasteiger partial charge in [-0.15, -0.1) is 0 Å². The summed E-state index contributed by atoms with van der Waals surface area (Å²) in [5, 5.41) is 1.10. The van der Waals surface area contributed by atoms with Crippen LogP contribution in [0.2, 0.25) is 5.02 Å². The van der Waals surface area contributed by atoms with E-state index < -0.39 is 39.9 Å². The molecule has 36 heavy (non-hydrogen) atoms. The number of hydrogen-bond acceptors (Lipinski definition) is 8. The van der Waals surface area contributed by atoms with Crippen LogP contribution in [-0.2, 0) is 24.4 Å². The van der Waals surface area contributed by atoms with Crippen LogP contribution in [0.5, 0.6) is 5.75 Å². The predicted octanol–water partition coefficient (Wildman–Crippen LogP) is 5.25. The van der Waals surface area contributed by atoms with Crippen molar-refractivity contribution in [2.24, 2.45) is 0 Å². The van der Waals surface area contributed by atoms with Crippen molar-refractivity contribution in [2.75, 3.05) is 6.54 Å². The normalized spacial score (nSPS) is 15.2. The maximum absolute atomic E-state index is 13.0. The van der Waals surface area contributed by atoms with Crippen molar-refractivity contribution >= 4 is 67.4 Å². The molecule has 0 bridgehead atoms. The molecule has 1 fully saturated rings. The lowest BCUT2D eigenvalue weighted by Gasteiger charge is -2.14. The number of rotatable bonds is 7. The Kier molecular flexibility index (Phi) is 7.39. The van der Waals surface area contributed by atoms with Gasteiger partial charge in [-0.25, -0.2) is 0 Å². The second-order valence-corrected chi connectivity index (χ2v) is 11.0. The molecule has 1 aliphatic heterocycles. The van der Waals surface area contributed by atoms with Gasteiger partial charge in [0.05, 0.1) is 11.0 Å². The van der Waals surface area contributed by atoms with Crippen LogP contribution < -0.4 is 4.18 Å². The molecule has 0 spiro atoms. The van der Waals surface area contributed by atoms with Crippen molar-refractivity contribution in [3.05, 3.63) is 76.2 Å². The molecule has 8 nitrogen and oxygen atoms in total. The summed E-state index contributed by atoms with van der Waals surface area (Å²) in [4.78, 5) is 38.2. The molecule has 186 valence electrons. The number of carbonyl (C=O) groups is 3. The highest BCUT2D eigenvalue weighted by Gasteiger charge is 2.37. The number of hydrogen-bond donors (Lipinski definition) is 0. The first-order valence-electron chi connectivity index (χ1n) is 10.7. The number of halogens is 1. The van der Waals surface area contributed by atoms with Crippen LogP contribution in [-0.4, -0.2) is 43.1 Å². The second kappa shape index (κ2) is 10.3. The van der Waals surface area contributed by atoms with Crippen LogP contribution in [0.3, 0.4) is 0 Å². The summed E-state index contributed by atoms with van der Waals surface area (Å²) in [5.74, 6) is -1.43. The average Bonchev–Trinajstić information content (AvgIpc) is 3.07. The summed E-state index contributed by atoms with van der Waals surface area (Å²) < 4.78 is 36.4. The standard InChI is InChI=1S/C25H20ClNO7S2/c1-15(2)33-23(28)14-27-24(29)22(35-25(27)30)13-20-19-6-4-3-5-16(19)7-12-21(20)34-36(31,32)18-10-8-17(26)9-11-18/h3-13,15H,14H2,1-2H3/b22-13-. The smallest absolute Gasteiger partial charge is 0.339 e. The zero-order chi connectivity index (χ0) is 26.0. The Morgan fingerprint density at radius 2 is 1.75 bits per heavy atom. The van der Waals surface area contributed by atoms with Gasteiger partial charge in [-0.1, -0.05) is 41.9 Å². The molecule has 0 N–H and O–H groups in total. The van der Waals surface area contributed by atoms with Crippen LogP contribution in [0.15, 0.2) is 70.5 Å². The molecular formula is C25H20ClNO7S2. The number of benzene rings is 3. The number of amides is 2. The highest BCUT2D eigenvalue weighted by atomic mass is 35.5. The number of imide groups is 1. The Morgan fingerprint density at radius 1 is 1.06 bits per heavy atom. The topological polar surface area (TPSA) is 107 Å². The van der Waals surface area contributed by atoms with E-state index in [1.165, 1.54) is 36.4 Å². The largest absolute Gasteiger partial charge is 0.462 e. The second-order valence-electron chi connectivity index (χ2n) is 8.00.